The number of fused-ring (bicyclic) bond motifs is 2. The molecule has 2 heteroatoms. The smallest absolute Gasteiger partial charge is 0.00989 e. The van der Waals surface area contributed by atoms with Crippen LogP contribution < -0.4 is 5.73 Å². The average molecular weight is 210 g/mol. The SMILES string of the molecule is CCCCC(N)C1CC2CCC(C1)N2C. The molecule has 2 bridgehead atoms. The van der Waals surface area contributed by atoms with Crippen LogP contribution in [0.25, 0.3) is 0 Å². The zero-order valence-corrected chi connectivity index (χ0v) is 10.3. The first-order valence-corrected chi connectivity index (χ1v) is 6.70. The molecule has 88 valence electrons. The highest BCUT2D eigenvalue weighted by Gasteiger charge is 2.39. The number of unbranched alkanes of at least 4 members (excludes halogenated alkanes) is 1. The molecule has 2 rings (SSSR count). The van der Waals surface area contributed by atoms with Crippen molar-refractivity contribution in [3.05, 3.63) is 0 Å². The quantitative estimate of drug-likeness (QED) is 0.772. The second-order valence-corrected chi connectivity index (χ2v) is 5.59. The normalized spacial score (nSPS) is 38.2. The fraction of sp³-hybridized carbons (Fsp3) is 1.00. The zero-order chi connectivity index (χ0) is 10.8. The lowest BCUT2D eigenvalue weighted by atomic mass is 9.83. The molecule has 0 amide bonds. The molecule has 15 heavy (non-hydrogen) atoms. The van der Waals surface area contributed by atoms with Gasteiger partial charge in [0.25, 0.3) is 0 Å². The van der Waals surface area contributed by atoms with Gasteiger partial charge in [-0.15, -0.1) is 0 Å². The van der Waals surface area contributed by atoms with E-state index in [9.17, 15) is 0 Å². The van der Waals surface area contributed by atoms with Gasteiger partial charge < -0.3 is 10.6 Å². The summed E-state index contributed by atoms with van der Waals surface area (Å²) in [6.07, 6.45) is 9.38. The van der Waals surface area contributed by atoms with Crippen LogP contribution in [0.1, 0.15) is 51.9 Å². The second kappa shape index (κ2) is 4.84. The van der Waals surface area contributed by atoms with Crippen molar-refractivity contribution in [2.45, 2.75) is 70.0 Å². The van der Waals surface area contributed by atoms with Gasteiger partial charge in [-0.2, -0.15) is 0 Å². The van der Waals surface area contributed by atoms with Crippen molar-refractivity contribution < 1.29 is 0 Å². The summed E-state index contributed by atoms with van der Waals surface area (Å²) in [6, 6.07) is 2.17. The summed E-state index contributed by atoms with van der Waals surface area (Å²) in [4.78, 5) is 2.60. The Morgan fingerprint density at radius 1 is 1.27 bits per heavy atom. The average Bonchev–Trinajstić information content (AvgIpc) is 2.49. The van der Waals surface area contributed by atoms with Crippen molar-refractivity contribution in [1.82, 2.24) is 4.90 Å². The third-order valence-electron chi connectivity index (χ3n) is 4.63. The van der Waals surface area contributed by atoms with Gasteiger partial charge in [0, 0.05) is 18.1 Å². The topological polar surface area (TPSA) is 29.3 Å². The Balaban J connectivity index is 1.85. The molecular weight excluding hydrogens is 184 g/mol. The minimum atomic E-state index is 0.474. The highest BCUT2D eigenvalue weighted by Crippen LogP contribution is 2.38. The number of piperidine rings is 1. The van der Waals surface area contributed by atoms with Crippen LogP contribution in [-0.2, 0) is 0 Å². The summed E-state index contributed by atoms with van der Waals surface area (Å²) in [5, 5.41) is 0. The van der Waals surface area contributed by atoms with E-state index < -0.39 is 0 Å². The maximum atomic E-state index is 6.31. The predicted molar refractivity (Wildman–Crippen MR) is 64.8 cm³/mol. The highest BCUT2D eigenvalue weighted by atomic mass is 15.2. The summed E-state index contributed by atoms with van der Waals surface area (Å²) in [5.74, 6) is 0.810. The van der Waals surface area contributed by atoms with E-state index >= 15 is 0 Å². The van der Waals surface area contributed by atoms with Crippen LogP contribution in [0, 0.1) is 5.92 Å². The van der Waals surface area contributed by atoms with E-state index in [0.29, 0.717) is 6.04 Å². The second-order valence-electron chi connectivity index (χ2n) is 5.59. The van der Waals surface area contributed by atoms with Gasteiger partial charge in [-0.05, 0) is 45.1 Å². The molecule has 0 aromatic heterocycles. The first-order valence-electron chi connectivity index (χ1n) is 6.70. The summed E-state index contributed by atoms with van der Waals surface area (Å²) in [5.41, 5.74) is 6.31. The van der Waals surface area contributed by atoms with Crippen molar-refractivity contribution in [3.8, 4) is 0 Å². The van der Waals surface area contributed by atoms with Gasteiger partial charge in [0.1, 0.15) is 0 Å². The minimum absolute atomic E-state index is 0.474. The molecule has 0 spiro atoms. The lowest BCUT2D eigenvalue weighted by molar-refractivity contribution is 0.118. The number of hydrogen-bond acceptors (Lipinski definition) is 2. The van der Waals surface area contributed by atoms with E-state index in [1.165, 1.54) is 44.9 Å². The molecule has 0 radical (unpaired) electrons. The van der Waals surface area contributed by atoms with Gasteiger partial charge in [0.2, 0.25) is 0 Å². The van der Waals surface area contributed by atoms with Crippen LogP contribution in [0.15, 0.2) is 0 Å². The molecule has 0 aromatic rings. The standard InChI is InChI=1S/C13H26N2/c1-3-4-5-13(14)10-8-11-6-7-12(9-10)15(11)2/h10-13H,3-9,14H2,1-2H3. The molecule has 2 nitrogen and oxygen atoms in total. The highest BCUT2D eigenvalue weighted by molar-refractivity contribution is 4.95. The summed E-state index contributed by atoms with van der Waals surface area (Å²) in [7, 11) is 2.30. The molecule has 2 aliphatic heterocycles. The Hall–Kier alpha value is -0.0800. The first-order chi connectivity index (χ1) is 7.22. The monoisotopic (exact) mass is 210 g/mol. The van der Waals surface area contributed by atoms with Gasteiger partial charge in [0.15, 0.2) is 0 Å². The van der Waals surface area contributed by atoms with Crippen molar-refractivity contribution in [3.63, 3.8) is 0 Å². The maximum absolute atomic E-state index is 6.31. The maximum Gasteiger partial charge on any atom is 0.00989 e. The predicted octanol–water partition coefficient (Wildman–Crippen LogP) is 2.38. The largest absolute Gasteiger partial charge is 0.327 e. The van der Waals surface area contributed by atoms with Crippen molar-refractivity contribution in [1.29, 1.82) is 0 Å². The van der Waals surface area contributed by atoms with E-state index in [0.717, 1.165) is 18.0 Å². The summed E-state index contributed by atoms with van der Waals surface area (Å²) < 4.78 is 0. The van der Waals surface area contributed by atoms with Gasteiger partial charge in [-0.1, -0.05) is 19.8 Å². The van der Waals surface area contributed by atoms with Gasteiger partial charge in [-0.25, -0.2) is 0 Å². The van der Waals surface area contributed by atoms with Crippen molar-refractivity contribution in [2.75, 3.05) is 7.05 Å². The van der Waals surface area contributed by atoms with Crippen LogP contribution >= 0.6 is 0 Å². The molecule has 2 heterocycles. The van der Waals surface area contributed by atoms with Crippen molar-refractivity contribution in [2.24, 2.45) is 11.7 Å². The fourth-order valence-corrected chi connectivity index (χ4v) is 3.48. The summed E-state index contributed by atoms with van der Waals surface area (Å²) >= 11 is 0. The Labute approximate surface area is 94.2 Å². The molecule has 0 aromatic carbocycles. The van der Waals surface area contributed by atoms with Gasteiger partial charge >= 0.3 is 0 Å². The number of nitrogens with zero attached hydrogens (tertiary/aromatic N) is 1. The Kier molecular flexibility index (Phi) is 3.68. The molecule has 2 fully saturated rings. The third kappa shape index (κ3) is 2.36. The molecule has 2 N–H and O–H groups in total. The van der Waals surface area contributed by atoms with E-state index in [4.69, 9.17) is 5.73 Å². The van der Waals surface area contributed by atoms with Crippen LogP contribution in [0.3, 0.4) is 0 Å². The molecule has 2 saturated heterocycles. The third-order valence-corrected chi connectivity index (χ3v) is 4.63. The molecule has 0 aliphatic carbocycles. The summed E-state index contributed by atoms with van der Waals surface area (Å²) in [6.45, 7) is 2.26. The Bertz CT molecular complexity index is 191. The molecule has 3 unspecified atom stereocenters. The number of nitrogens with two attached hydrogens (primary N) is 1. The van der Waals surface area contributed by atoms with Gasteiger partial charge in [0.05, 0.1) is 0 Å². The van der Waals surface area contributed by atoms with E-state index in [1.54, 1.807) is 0 Å². The minimum Gasteiger partial charge on any atom is -0.327 e. The van der Waals surface area contributed by atoms with E-state index in [2.05, 4.69) is 18.9 Å². The van der Waals surface area contributed by atoms with Crippen LogP contribution in [-0.4, -0.2) is 30.1 Å². The number of rotatable bonds is 4. The lowest BCUT2D eigenvalue weighted by Gasteiger charge is -2.38. The Morgan fingerprint density at radius 3 is 2.40 bits per heavy atom. The molecule has 0 saturated carbocycles. The molecular formula is C13H26N2. The number of hydrogen-bond donors (Lipinski definition) is 1. The lowest BCUT2D eigenvalue weighted by Crippen LogP contribution is -2.45. The van der Waals surface area contributed by atoms with E-state index in [1.807, 2.05) is 0 Å². The van der Waals surface area contributed by atoms with Crippen molar-refractivity contribution >= 4 is 0 Å². The fourth-order valence-electron chi connectivity index (χ4n) is 3.48. The first kappa shape index (κ1) is 11.4. The zero-order valence-electron chi connectivity index (χ0n) is 10.3. The molecule has 3 atom stereocenters. The van der Waals surface area contributed by atoms with Crippen LogP contribution in [0.2, 0.25) is 0 Å². The van der Waals surface area contributed by atoms with Crippen LogP contribution in [0.4, 0.5) is 0 Å². The van der Waals surface area contributed by atoms with Crippen LogP contribution in [0.5, 0.6) is 0 Å². The van der Waals surface area contributed by atoms with E-state index in [-0.39, 0.29) is 0 Å². The molecule has 2 aliphatic rings. The van der Waals surface area contributed by atoms with Gasteiger partial charge in [-0.3, -0.25) is 0 Å². The Morgan fingerprint density at radius 2 is 1.87 bits per heavy atom.